The molecule has 6 nitrogen and oxygen atoms in total. The van der Waals surface area contributed by atoms with Gasteiger partial charge >= 0.3 is 15.2 Å². The summed E-state index contributed by atoms with van der Waals surface area (Å²) in [6.07, 6.45) is 4.88. The Morgan fingerprint density at radius 2 is 1.23 bits per heavy atom. The molecule has 0 aliphatic carbocycles. The Labute approximate surface area is 156 Å². The summed E-state index contributed by atoms with van der Waals surface area (Å²) in [5.74, 6) is 0. The summed E-state index contributed by atoms with van der Waals surface area (Å²) in [7, 11) is -7.67. The largest absolute Gasteiger partial charge is 0.369 e. The Hall–Kier alpha value is -1.00. The maximum Gasteiger partial charge on any atom is 0.369 e. The van der Waals surface area contributed by atoms with Crippen LogP contribution in [0.5, 0.6) is 0 Å². The van der Waals surface area contributed by atoms with Gasteiger partial charge in [-0.25, -0.2) is 0 Å². The summed E-state index contributed by atoms with van der Waals surface area (Å²) in [5.41, 5.74) is 0.938. The summed E-state index contributed by atoms with van der Waals surface area (Å²) in [5, 5.41) is -0.0930. The molecule has 1 rings (SSSR count). The van der Waals surface area contributed by atoms with Gasteiger partial charge in [-0.2, -0.15) is 0 Å². The Bertz CT molecular complexity index is 632. The van der Waals surface area contributed by atoms with Gasteiger partial charge in [0.25, 0.3) is 0 Å². The molecule has 0 spiro atoms. The monoisotopic (exact) mass is 402 g/mol. The number of rotatable bonds is 12. The van der Waals surface area contributed by atoms with Crippen molar-refractivity contribution in [3.8, 4) is 0 Å². The summed E-state index contributed by atoms with van der Waals surface area (Å²) in [6, 6.07) is 9.55. The van der Waals surface area contributed by atoms with Gasteiger partial charge in [0.2, 0.25) is 0 Å². The van der Waals surface area contributed by atoms with Crippen LogP contribution in [0.15, 0.2) is 47.5 Å². The number of hydrogen-bond acceptors (Lipinski definition) is 6. The van der Waals surface area contributed by atoms with E-state index in [1.165, 1.54) is 6.08 Å². The molecule has 0 aliphatic heterocycles. The second-order valence-corrected chi connectivity index (χ2v) is 9.30. The van der Waals surface area contributed by atoms with Crippen LogP contribution in [-0.4, -0.2) is 26.4 Å². The van der Waals surface area contributed by atoms with E-state index in [-0.39, 0.29) is 31.5 Å². The molecule has 0 aromatic heterocycles. The van der Waals surface area contributed by atoms with E-state index in [0.29, 0.717) is 0 Å². The van der Waals surface area contributed by atoms with Crippen molar-refractivity contribution in [2.45, 2.75) is 27.7 Å². The average Bonchev–Trinajstić information content (AvgIpc) is 2.60. The molecule has 0 aliphatic rings. The van der Waals surface area contributed by atoms with E-state index in [9.17, 15) is 9.13 Å². The van der Waals surface area contributed by atoms with Gasteiger partial charge in [0, 0.05) is 0 Å². The first-order valence-electron chi connectivity index (χ1n) is 8.68. The molecule has 146 valence electrons. The Morgan fingerprint density at radius 3 is 1.62 bits per heavy atom. The van der Waals surface area contributed by atoms with Crippen molar-refractivity contribution in [1.82, 2.24) is 0 Å². The predicted octanol–water partition coefficient (Wildman–Crippen LogP) is 6.07. The Kier molecular flexibility index (Phi) is 10.3. The van der Waals surface area contributed by atoms with E-state index in [1.807, 2.05) is 30.3 Å². The Morgan fingerprint density at radius 1 is 0.808 bits per heavy atom. The van der Waals surface area contributed by atoms with Crippen LogP contribution in [0.4, 0.5) is 0 Å². The van der Waals surface area contributed by atoms with E-state index < -0.39 is 15.2 Å². The first-order chi connectivity index (χ1) is 12.5. The van der Waals surface area contributed by atoms with Crippen LogP contribution in [0.3, 0.4) is 0 Å². The first-order valence-corrected chi connectivity index (χ1v) is 11.8. The summed E-state index contributed by atoms with van der Waals surface area (Å²) in [4.78, 5) is 0. The second-order valence-electron chi connectivity index (χ2n) is 4.96. The molecule has 1 aromatic carbocycles. The van der Waals surface area contributed by atoms with Gasteiger partial charge in [0.05, 0.1) is 26.4 Å². The van der Waals surface area contributed by atoms with Crippen molar-refractivity contribution in [2.24, 2.45) is 0 Å². The van der Waals surface area contributed by atoms with Crippen LogP contribution in [-0.2, 0) is 27.2 Å². The van der Waals surface area contributed by atoms with Crippen molar-refractivity contribution in [3.05, 3.63) is 53.1 Å². The molecule has 0 radical (unpaired) electrons. The highest BCUT2D eigenvalue weighted by Gasteiger charge is 2.44. The third-order valence-corrected chi connectivity index (χ3v) is 8.37. The fourth-order valence-electron chi connectivity index (χ4n) is 2.16. The molecule has 0 saturated heterocycles. The third-order valence-electron chi connectivity index (χ3n) is 3.09. The zero-order valence-corrected chi connectivity index (χ0v) is 17.6. The minimum absolute atomic E-state index is 0.0930. The summed E-state index contributed by atoms with van der Waals surface area (Å²) in [6.45, 7) is 7.30. The molecule has 0 bridgehead atoms. The van der Waals surface area contributed by atoms with Gasteiger partial charge in [0.1, 0.15) is 0 Å². The fourth-order valence-corrected chi connectivity index (χ4v) is 6.63. The predicted molar refractivity (Wildman–Crippen MR) is 105 cm³/mol. The minimum atomic E-state index is -3.83. The molecule has 0 atom stereocenters. The fraction of sp³-hybridized carbons (Fsp3) is 0.444. The Balaban J connectivity index is 3.39. The van der Waals surface area contributed by atoms with Crippen molar-refractivity contribution in [3.63, 3.8) is 0 Å². The number of benzene rings is 1. The molecule has 26 heavy (non-hydrogen) atoms. The number of allylic oxidation sites excluding steroid dienone is 2. The van der Waals surface area contributed by atoms with Crippen LogP contribution in [0, 0.1) is 0 Å². The SMILES string of the molecule is CCOP(=O)(OCC)C(=C/C=C/c1ccccc1)P(=O)(OCC)OCC. The molecule has 0 fully saturated rings. The standard InChI is InChI=1S/C18H28O6P2/c1-5-21-25(19,22-6-2)18(26(20,23-7-3)24-8-4)16-12-15-17-13-10-9-11-14-17/h9-16H,5-8H2,1-4H3/b15-12+. The van der Waals surface area contributed by atoms with Gasteiger partial charge in [-0.15, -0.1) is 0 Å². The van der Waals surface area contributed by atoms with Gasteiger partial charge in [0.15, 0.2) is 5.06 Å². The molecule has 0 saturated carbocycles. The van der Waals surface area contributed by atoms with Crippen LogP contribution in [0.2, 0.25) is 0 Å². The zero-order chi connectivity index (χ0) is 19.5. The molecule has 0 unspecified atom stereocenters. The van der Waals surface area contributed by atoms with Crippen molar-refractivity contribution >= 4 is 21.3 Å². The highest BCUT2D eigenvalue weighted by atomic mass is 31.2. The normalized spacial score (nSPS) is 12.5. The van der Waals surface area contributed by atoms with E-state index in [4.69, 9.17) is 18.1 Å². The van der Waals surface area contributed by atoms with Gasteiger partial charge in [-0.3, -0.25) is 9.13 Å². The lowest BCUT2D eigenvalue weighted by atomic mass is 10.2. The van der Waals surface area contributed by atoms with Crippen LogP contribution in [0.1, 0.15) is 33.3 Å². The van der Waals surface area contributed by atoms with Gasteiger partial charge in [-0.05, 0) is 39.3 Å². The van der Waals surface area contributed by atoms with Crippen LogP contribution < -0.4 is 0 Å². The van der Waals surface area contributed by atoms with Crippen LogP contribution in [0.25, 0.3) is 6.08 Å². The quantitative estimate of drug-likeness (QED) is 0.312. The zero-order valence-electron chi connectivity index (χ0n) is 15.8. The van der Waals surface area contributed by atoms with Crippen molar-refractivity contribution in [2.75, 3.05) is 26.4 Å². The van der Waals surface area contributed by atoms with Crippen molar-refractivity contribution in [1.29, 1.82) is 0 Å². The first kappa shape index (κ1) is 23.0. The minimum Gasteiger partial charge on any atom is -0.305 e. The highest BCUT2D eigenvalue weighted by Crippen LogP contribution is 2.73. The molecule has 1 aromatic rings. The summed E-state index contributed by atoms with van der Waals surface area (Å²) >= 11 is 0. The van der Waals surface area contributed by atoms with E-state index in [2.05, 4.69) is 0 Å². The second kappa shape index (κ2) is 11.7. The van der Waals surface area contributed by atoms with Crippen LogP contribution >= 0.6 is 15.2 Å². The van der Waals surface area contributed by atoms with E-state index in [1.54, 1.807) is 39.8 Å². The van der Waals surface area contributed by atoms with E-state index in [0.717, 1.165) is 5.56 Å². The smallest absolute Gasteiger partial charge is 0.305 e. The molecular formula is C18H28O6P2. The lowest BCUT2D eigenvalue weighted by molar-refractivity contribution is 0.214. The molecule has 8 heteroatoms. The molecule has 0 amide bonds. The maximum atomic E-state index is 13.3. The highest BCUT2D eigenvalue weighted by molar-refractivity contribution is 7.78. The van der Waals surface area contributed by atoms with Gasteiger partial charge < -0.3 is 18.1 Å². The van der Waals surface area contributed by atoms with Crippen molar-refractivity contribution < 1.29 is 27.2 Å². The van der Waals surface area contributed by atoms with Gasteiger partial charge in [-0.1, -0.05) is 42.5 Å². The average molecular weight is 402 g/mol. The number of hydrogen-bond donors (Lipinski definition) is 0. The lowest BCUT2D eigenvalue weighted by Gasteiger charge is -2.25. The molecular weight excluding hydrogens is 374 g/mol. The summed E-state index contributed by atoms with van der Waals surface area (Å²) < 4.78 is 48.0. The maximum absolute atomic E-state index is 13.3. The third kappa shape index (κ3) is 6.62. The topological polar surface area (TPSA) is 71.1 Å². The lowest BCUT2D eigenvalue weighted by Crippen LogP contribution is -2.04. The molecule has 0 heterocycles. The van der Waals surface area contributed by atoms with E-state index >= 15 is 0 Å². The molecule has 0 N–H and O–H groups in total.